The van der Waals surface area contributed by atoms with Gasteiger partial charge in [0.1, 0.15) is 5.82 Å². The number of aliphatic hydroxyl groups is 1. The Morgan fingerprint density at radius 1 is 1.47 bits per heavy atom. The summed E-state index contributed by atoms with van der Waals surface area (Å²) in [4.78, 5) is 4.41. The maximum atomic E-state index is 9.53. The number of imidazole rings is 1. The van der Waals surface area contributed by atoms with E-state index < -0.39 is 6.10 Å². The van der Waals surface area contributed by atoms with Crippen molar-refractivity contribution in [3.05, 3.63) is 30.1 Å². The van der Waals surface area contributed by atoms with Crippen molar-refractivity contribution in [3.8, 4) is 0 Å². The fourth-order valence-electron chi connectivity index (χ4n) is 1.69. The molecule has 1 N–H and O–H groups in total. The minimum atomic E-state index is -0.525. The quantitative estimate of drug-likeness (QED) is 0.810. The normalized spacial score (nSPS) is 13.3. The molecule has 0 spiro atoms. The summed E-state index contributed by atoms with van der Waals surface area (Å²) in [6.07, 6.45) is -0.525. The molecule has 2 aromatic rings. The lowest BCUT2D eigenvalue weighted by molar-refractivity contribution is 0.177. The Balaban J connectivity index is 2.45. The number of benzene rings is 1. The molecule has 0 aliphatic heterocycles. The van der Waals surface area contributed by atoms with Gasteiger partial charge < -0.3 is 9.67 Å². The van der Waals surface area contributed by atoms with Crippen molar-refractivity contribution in [2.45, 2.75) is 19.6 Å². The smallest absolute Gasteiger partial charge is 0.106 e. The average Bonchev–Trinajstić information content (AvgIpc) is 2.55. The number of halogens is 1. The molecular formula is C11H13ClN2O. The van der Waals surface area contributed by atoms with E-state index in [-0.39, 0.29) is 5.88 Å². The van der Waals surface area contributed by atoms with Crippen LogP contribution in [-0.4, -0.2) is 26.6 Å². The Kier molecular flexibility index (Phi) is 2.93. The molecule has 1 heterocycles. The Labute approximate surface area is 93.3 Å². The van der Waals surface area contributed by atoms with E-state index in [0.29, 0.717) is 6.54 Å². The summed E-state index contributed by atoms with van der Waals surface area (Å²) < 4.78 is 1.99. The summed E-state index contributed by atoms with van der Waals surface area (Å²) >= 11 is 5.59. The number of para-hydroxylation sites is 2. The molecule has 1 unspecified atom stereocenters. The molecule has 80 valence electrons. The number of hydrogen-bond acceptors (Lipinski definition) is 2. The maximum Gasteiger partial charge on any atom is 0.106 e. The zero-order valence-electron chi connectivity index (χ0n) is 8.52. The van der Waals surface area contributed by atoms with E-state index >= 15 is 0 Å². The highest BCUT2D eigenvalue weighted by Gasteiger charge is 2.10. The van der Waals surface area contributed by atoms with Crippen LogP contribution in [0.2, 0.25) is 0 Å². The van der Waals surface area contributed by atoms with Gasteiger partial charge in [-0.2, -0.15) is 0 Å². The summed E-state index contributed by atoms with van der Waals surface area (Å²) in [6, 6.07) is 7.88. The molecule has 4 heteroatoms. The number of aromatic nitrogens is 2. The van der Waals surface area contributed by atoms with E-state index in [1.807, 2.05) is 35.8 Å². The number of aryl methyl sites for hydroxylation is 1. The van der Waals surface area contributed by atoms with Gasteiger partial charge in [-0.3, -0.25) is 0 Å². The number of fused-ring (bicyclic) bond motifs is 1. The second-order valence-corrected chi connectivity index (χ2v) is 3.88. The van der Waals surface area contributed by atoms with E-state index in [0.717, 1.165) is 16.9 Å². The SMILES string of the molecule is Cc1nc2ccccc2n1CC(O)CCl. The number of aliphatic hydroxyl groups excluding tert-OH is 1. The molecule has 0 saturated carbocycles. The molecule has 0 aliphatic carbocycles. The van der Waals surface area contributed by atoms with Crippen LogP contribution in [0, 0.1) is 6.92 Å². The van der Waals surface area contributed by atoms with E-state index in [2.05, 4.69) is 4.98 Å². The van der Waals surface area contributed by atoms with Crippen LogP contribution in [-0.2, 0) is 6.54 Å². The van der Waals surface area contributed by atoms with Crippen molar-refractivity contribution in [1.82, 2.24) is 9.55 Å². The predicted molar refractivity (Wildman–Crippen MR) is 61.2 cm³/mol. The minimum absolute atomic E-state index is 0.242. The second-order valence-electron chi connectivity index (χ2n) is 3.57. The Hall–Kier alpha value is -1.06. The van der Waals surface area contributed by atoms with Gasteiger partial charge in [0.25, 0.3) is 0 Å². The van der Waals surface area contributed by atoms with Gasteiger partial charge in [0, 0.05) is 0 Å². The molecule has 0 bridgehead atoms. The molecule has 1 aromatic carbocycles. The van der Waals surface area contributed by atoms with Crippen LogP contribution in [0.3, 0.4) is 0 Å². The van der Waals surface area contributed by atoms with Crippen molar-refractivity contribution >= 4 is 22.6 Å². The van der Waals surface area contributed by atoms with Crippen molar-refractivity contribution in [1.29, 1.82) is 0 Å². The van der Waals surface area contributed by atoms with Crippen LogP contribution in [0.5, 0.6) is 0 Å². The molecular weight excluding hydrogens is 212 g/mol. The highest BCUT2D eigenvalue weighted by atomic mass is 35.5. The fourth-order valence-corrected chi connectivity index (χ4v) is 1.78. The highest BCUT2D eigenvalue weighted by molar-refractivity contribution is 6.18. The van der Waals surface area contributed by atoms with E-state index in [1.54, 1.807) is 0 Å². The van der Waals surface area contributed by atoms with Crippen LogP contribution >= 0.6 is 11.6 Å². The zero-order valence-corrected chi connectivity index (χ0v) is 9.28. The number of rotatable bonds is 3. The topological polar surface area (TPSA) is 38.0 Å². The minimum Gasteiger partial charge on any atom is -0.390 e. The van der Waals surface area contributed by atoms with Gasteiger partial charge in [-0.1, -0.05) is 12.1 Å². The summed E-state index contributed by atoms with van der Waals surface area (Å²) in [5, 5.41) is 9.53. The first kappa shape index (κ1) is 10.5. The largest absolute Gasteiger partial charge is 0.390 e. The molecule has 2 rings (SSSR count). The third-order valence-electron chi connectivity index (χ3n) is 2.42. The van der Waals surface area contributed by atoms with Crippen molar-refractivity contribution in [3.63, 3.8) is 0 Å². The molecule has 0 fully saturated rings. The van der Waals surface area contributed by atoms with Gasteiger partial charge in [0.05, 0.1) is 29.6 Å². The highest BCUT2D eigenvalue weighted by Crippen LogP contribution is 2.15. The monoisotopic (exact) mass is 224 g/mol. The lowest BCUT2D eigenvalue weighted by Gasteiger charge is -2.10. The van der Waals surface area contributed by atoms with Gasteiger partial charge >= 0.3 is 0 Å². The third kappa shape index (κ3) is 1.98. The molecule has 15 heavy (non-hydrogen) atoms. The van der Waals surface area contributed by atoms with Gasteiger partial charge in [-0.05, 0) is 19.1 Å². The number of hydrogen-bond donors (Lipinski definition) is 1. The lowest BCUT2D eigenvalue weighted by Crippen LogP contribution is -2.18. The first-order valence-corrected chi connectivity index (χ1v) is 5.41. The molecule has 1 aromatic heterocycles. The van der Waals surface area contributed by atoms with Crippen LogP contribution in [0.15, 0.2) is 24.3 Å². The summed E-state index contributed by atoms with van der Waals surface area (Å²) in [7, 11) is 0. The van der Waals surface area contributed by atoms with Crippen molar-refractivity contribution in [2.75, 3.05) is 5.88 Å². The van der Waals surface area contributed by atoms with Gasteiger partial charge in [0.15, 0.2) is 0 Å². The maximum absolute atomic E-state index is 9.53. The van der Waals surface area contributed by atoms with Gasteiger partial charge in [-0.25, -0.2) is 4.98 Å². The number of nitrogens with zero attached hydrogens (tertiary/aromatic N) is 2. The van der Waals surface area contributed by atoms with E-state index in [4.69, 9.17) is 11.6 Å². The molecule has 0 saturated heterocycles. The van der Waals surface area contributed by atoms with Crippen molar-refractivity contribution in [2.24, 2.45) is 0 Å². The molecule has 3 nitrogen and oxygen atoms in total. The van der Waals surface area contributed by atoms with Gasteiger partial charge in [0.2, 0.25) is 0 Å². The van der Waals surface area contributed by atoms with Gasteiger partial charge in [-0.15, -0.1) is 11.6 Å². The lowest BCUT2D eigenvalue weighted by atomic mass is 10.3. The fraction of sp³-hybridized carbons (Fsp3) is 0.364. The molecule has 0 radical (unpaired) electrons. The number of alkyl halides is 1. The van der Waals surface area contributed by atoms with Crippen molar-refractivity contribution < 1.29 is 5.11 Å². The summed E-state index contributed by atoms with van der Waals surface area (Å²) in [6.45, 7) is 2.43. The van der Waals surface area contributed by atoms with Crippen LogP contribution in [0.4, 0.5) is 0 Å². The standard InChI is InChI=1S/C11H13ClN2O/c1-8-13-10-4-2-3-5-11(10)14(8)7-9(15)6-12/h2-5,9,15H,6-7H2,1H3. The Bertz CT molecular complexity index is 467. The van der Waals surface area contributed by atoms with Crippen LogP contribution < -0.4 is 0 Å². The van der Waals surface area contributed by atoms with Crippen LogP contribution in [0.1, 0.15) is 5.82 Å². The first-order valence-electron chi connectivity index (χ1n) is 4.88. The Morgan fingerprint density at radius 3 is 2.93 bits per heavy atom. The van der Waals surface area contributed by atoms with E-state index in [1.165, 1.54) is 0 Å². The van der Waals surface area contributed by atoms with Crippen LogP contribution in [0.25, 0.3) is 11.0 Å². The summed E-state index contributed by atoms with van der Waals surface area (Å²) in [5.74, 6) is 1.15. The molecule has 0 amide bonds. The molecule has 1 atom stereocenters. The predicted octanol–water partition coefficient (Wildman–Crippen LogP) is 1.94. The first-order chi connectivity index (χ1) is 7.22. The molecule has 0 aliphatic rings. The summed E-state index contributed by atoms with van der Waals surface area (Å²) in [5.41, 5.74) is 2.00. The van der Waals surface area contributed by atoms with E-state index in [9.17, 15) is 5.11 Å². The third-order valence-corrected chi connectivity index (χ3v) is 2.77. The second kappa shape index (κ2) is 4.21. The average molecular weight is 225 g/mol. The zero-order chi connectivity index (χ0) is 10.8. The Morgan fingerprint density at radius 2 is 2.20 bits per heavy atom.